The molecule has 114 valence electrons. The molecule has 3 nitrogen and oxygen atoms in total. The topological polar surface area (TPSA) is 34.2 Å². The lowest BCUT2D eigenvalue weighted by atomic mass is 9.90. The summed E-state index contributed by atoms with van der Waals surface area (Å²) in [6.07, 6.45) is 4.10. The summed E-state index contributed by atoms with van der Waals surface area (Å²) in [4.78, 5) is 4.47. The summed E-state index contributed by atoms with van der Waals surface area (Å²) < 4.78 is 5.25. The summed E-state index contributed by atoms with van der Waals surface area (Å²) in [5.41, 5.74) is 2.41. The van der Waals surface area contributed by atoms with Gasteiger partial charge in [-0.15, -0.1) is 0 Å². The van der Waals surface area contributed by atoms with Gasteiger partial charge in [-0.3, -0.25) is 4.98 Å². The van der Waals surface area contributed by atoms with Crippen molar-refractivity contribution in [2.24, 2.45) is 5.92 Å². The van der Waals surface area contributed by atoms with Crippen LogP contribution < -0.4 is 5.32 Å². The van der Waals surface area contributed by atoms with Crippen molar-refractivity contribution in [2.45, 2.75) is 32.7 Å². The zero-order chi connectivity index (χ0) is 15.1. The molecule has 1 N–H and O–H groups in total. The molecule has 0 saturated heterocycles. The fourth-order valence-corrected chi connectivity index (χ4v) is 2.78. The Bertz CT molecular complexity index is 550. The van der Waals surface area contributed by atoms with Crippen LogP contribution in [-0.4, -0.2) is 25.2 Å². The van der Waals surface area contributed by atoms with Crippen molar-refractivity contribution in [2.75, 3.05) is 20.3 Å². The minimum Gasteiger partial charge on any atom is -0.385 e. The number of nitrogens with zero attached hydrogens (tertiary/aromatic N) is 1. The summed E-state index contributed by atoms with van der Waals surface area (Å²) in [5, 5.41) is 4.95. The maximum absolute atomic E-state index is 5.25. The van der Waals surface area contributed by atoms with E-state index in [1.807, 2.05) is 12.3 Å². The zero-order valence-electron chi connectivity index (χ0n) is 13.3. The maximum Gasteiger partial charge on any atom is 0.0705 e. The van der Waals surface area contributed by atoms with Crippen molar-refractivity contribution in [3.8, 4) is 0 Å². The smallest absolute Gasteiger partial charge is 0.0705 e. The number of hydrogen-bond acceptors (Lipinski definition) is 3. The van der Waals surface area contributed by atoms with Crippen LogP contribution >= 0.6 is 0 Å². The summed E-state index contributed by atoms with van der Waals surface area (Å²) in [6.45, 7) is 6.32. The Morgan fingerprint density at radius 1 is 1.24 bits per heavy atom. The molecule has 0 fully saturated rings. The van der Waals surface area contributed by atoms with Gasteiger partial charge in [0.15, 0.2) is 0 Å². The molecule has 0 aliphatic heterocycles. The lowest BCUT2D eigenvalue weighted by Crippen LogP contribution is -2.28. The zero-order valence-corrected chi connectivity index (χ0v) is 13.3. The summed E-state index contributed by atoms with van der Waals surface area (Å²) in [6, 6.07) is 10.9. The van der Waals surface area contributed by atoms with Gasteiger partial charge in [0.1, 0.15) is 0 Å². The van der Waals surface area contributed by atoms with Crippen LogP contribution in [0.2, 0.25) is 0 Å². The van der Waals surface area contributed by atoms with E-state index < -0.39 is 0 Å². The number of rotatable bonds is 8. The predicted molar refractivity (Wildman–Crippen MR) is 88.4 cm³/mol. The Hall–Kier alpha value is -1.45. The van der Waals surface area contributed by atoms with Gasteiger partial charge in [-0.2, -0.15) is 0 Å². The van der Waals surface area contributed by atoms with E-state index in [-0.39, 0.29) is 0 Å². The highest BCUT2D eigenvalue weighted by Gasteiger charge is 2.20. The van der Waals surface area contributed by atoms with Gasteiger partial charge in [-0.25, -0.2) is 0 Å². The number of ether oxygens (including phenoxy) is 1. The highest BCUT2D eigenvalue weighted by atomic mass is 16.5. The Morgan fingerprint density at radius 2 is 2.05 bits per heavy atom. The van der Waals surface area contributed by atoms with Gasteiger partial charge in [0.2, 0.25) is 0 Å². The molecule has 0 amide bonds. The molecule has 1 heterocycles. The first-order chi connectivity index (χ1) is 10.3. The van der Waals surface area contributed by atoms with Crippen LogP contribution in [0.25, 0.3) is 10.9 Å². The number of hydrogen-bond donors (Lipinski definition) is 1. The van der Waals surface area contributed by atoms with E-state index in [1.165, 1.54) is 10.9 Å². The molecule has 2 atom stereocenters. The Balaban J connectivity index is 2.33. The Morgan fingerprint density at radius 3 is 2.81 bits per heavy atom. The largest absolute Gasteiger partial charge is 0.385 e. The molecule has 0 aliphatic rings. The van der Waals surface area contributed by atoms with Gasteiger partial charge in [0.05, 0.1) is 5.52 Å². The average Bonchev–Trinajstić information content (AvgIpc) is 2.53. The van der Waals surface area contributed by atoms with Gasteiger partial charge in [-0.1, -0.05) is 32.0 Å². The lowest BCUT2D eigenvalue weighted by Gasteiger charge is -2.26. The van der Waals surface area contributed by atoms with Crippen molar-refractivity contribution >= 4 is 10.9 Å². The van der Waals surface area contributed by atoms with Crippen LogP contribution in [-0.2, 0) is 4.74 Å². The third-order valence-electron chi connectivity index (χ3n) is 3.98. The quantitative estimate of drug-likeness (QED) is 0.798. The molecule has 2 aromatic rings. The van der Waals surface area contributed by atoms with Crippen LogP contribution in [0.1, 0.15) is 38.3 Å². The minimum absolute atomic E-state index is 0.341. The second kappa shape index (κ2) is 8.11. The van der Waals surface area contributed by atoms with Crippen LogP contribution in [0.4, 0.5) is 0 Å². The van der Waals surface area contributed by atoms with E-state index in [0.29, 0.717) is 12.0 Å². The number of benzene rings is 1. The van der Waals surface area contributed by atoms with Crippen LogP contribution in [0.15, 0.2) is 36.5 Å². The van der Waals surface area contributed by atoms with Gasteiger partial charge in [0, 0.05) is 31.3 Å². The fraction of sp³-hybridized carbons (Fsp3) is 0.500. The molecular weight excluding hydrogens is 260 g/mol. The molecule has 2 unspecified atom stereocenters. The third-order valence-corrected chi connectivity index (χ3v) is 3.98. The first-order valence-electron chi connectivity index (χ1n) is 7.84. The molecule has 1 aromatic carbocycles. The monoisotopic (exact) mass is 286 g/mol. The second-order valence-electron chi connectivity index (χ2n) is 5.61. The Labute approximate surface area is 127 Å². The Kier molecular flexibility index (Phi) is 6.15. The molecule has 3 heteroatoms. The average molecular weight is 286 g/mol. The van der Waals surface area contributed by atoms with Crippen molar-refractivity contribution in [1.82, 2.24) is 10.3 Å². The summed E-state index contributed by atoms with van der Waals surface area (Å²) >= 11 is 0. The molecule has 1 aromatic heterocycles. The van der Waals surface area contributed by atoms with Crippen molar-refractivity contribution in [1.29, 1.82) is 0 Å². The standard InChI is InChI=1S/C18H26N2O/c1-4-11-20-18(14(2)10-13-21-3)16-9-12-19-17-8-6-5-7-15(16)17/h5-9,12,14,18,20H,4,10-11,13H2,1-3H3. The number of methoxy groups -OCH3 is 1. The number of nitrogens with one attached hydrogen (secondary N) is 1. The van der Waals surface area contributed by atoms with Gasteiger partial charge >= 0.3 is 0 Å². The fourth-order valence-electron chi connectivity index (χ4n) is 2.78. The third kappa shape index (κ3) is 4.02. The van der Waals surface area contributed by atoms with E-state index in [9.17, 15) is 0 Å². The summed E-state index contributed by atoms with van der Waals surface area (Å²) in [5.74, 6) is 0.516. The van der Waals surface area contributed by atoms with Crippen LogP contribution in [0.5, 0.6) is 0 Å². The molecule has 21 heavy (non-hydrogen) atoms. The van der Waals surface area contributed by atoms with Crippen molar-refractivity contribution in [3.63, 3.8) is 0 Å². The predicted octanol–water partition coefficient (Wildman–Crippen LogP) is 3.95. The van der Waals surface area contributed by atoms with Crippen LogP contribution in [0.3, 0.4) is 0 Å². The highest BCUT2D eigenvalue weighted by molar-refractivity contribution is 5.82. The minimum atomic E-state index is 0.341. The number of pyridine rings is 1. The first-order valence-corrected chi connectivity index (χ1v) is 7.84. The van der Waals surface area contributed by atoms with E-state index >= 15 is 0 Å². The number of para-hydroxylation sites is 1. The second-order valence-corrected chi connectivity index (χ2v) is 5.61. The van der Waals surface area contributed by atoms with Crippen LogP contribution in [0, 0.1) is 5.92 Å². The molecule has 0 saturated carbocycles. The lowest BCUT2D eigenvalue weighted by molar-refractivity contribution is 0.170. The van der Waals surface area contributed by atoms with E-state index in [1.54, 1.807) is 7.11 Å². The molecular formula is C18H26N2O. The maximum atomic E-state index is 5.25. The van der Waals surface area contributed by atoms with Gasteiger partial charge < -0.3 is 10.1 Å². The number of fused-ring (bicyclic) bond motifs is 1. The molecule has 2 rings (SSSR count). The van der Waals surface area contributed by atoms with Crippen molar-refractivity contribution < 1.29 is 4.74 Å². The molecule has 0 radical (unpaired) electrons. The molecule has 0 spiro atoms. The molecule has 0 bridgehead atoms. The summed E-state index contributed by atoms with van der Waals surface area (Å²) in [7, 11) is 1.77. The number of aromatic nitrogens is 1. The SMILES string of the molecule is CCCNC(c1ccnc2ccccc12)C(C)CCOC. The highest BCUT2D eigenvalue weighted by Crippen LogP contribution is 2.29. The normalized spacial score (nSPS) is 14.2. The van der Waals surface area contributed by atoms with Gasteiger partial charge in [0.25, 0.3) is 0 Å². The van der Waals surface area contributed by atoms with Gasteiger partial charge in [-0.05, 0) is 43.0 Å². The van der Waals surface area contributed by atoms with Crippen molar-refractivity contribution in [3.05, 3.63) is 42.1 Å². The first kappa shape index (κ1) is 15.9. The molecule has 0 aliphatic carbocycles. The van der Waals surface area contributed by atoms with E-state index in [4.69, 9.17) is 4.74 Å². The van der Waals surface area contributed by atoms with E-state index in [0.717, 1.165) is 31.5 Å². The van der Waals surface area contributed by atoms with E-state index in [2.05, 4.69) is 48.4 Å².